The van der Waals surface area contributed by atoms with Crippen LogP contribution in [0.5, 0.6) is 5.75 Å². The summed E-state index contributed by atoms with van der Waals surface area (Å²) in [6.45, 7) is 2.03. The number of hydrogen-bond donors (Lipinski definition) is 2. The standard InChI is InChI=1S/C18H18Cl2N2O3/c1-11(25-15-7-3-6-14(19)16(15)20)18(24)22-9-8-12-4-2-5-13(10-12)17(21)23/h2-7,10-11H,8-9H2,1H3,(H2,21,23)(H,22,24). The molecule has 2 aromatic rings. The van der Waals surface area contributed by atoms with E-state index >= 15 is 0 Å². The van der Waals surface area contributed by atoms with Crippen LogP contribution in [0.3, 0.4) is 0 Å². The summed E-state index contributed by atoms with van der Waals surface area (Å²) in [5.74, 6) is -0.403. The predicted octanol–water partition coefficient (Wildman–Crippen LogP) is 3.22. The Labute approximate surface area is 156 Å². The maximum Gasteiger partial charge on any atom is 0.260 e. The zero-order valence-corrected chi connectivity index (χ0v) is 15.1. The Bertz CT molecular complexity index is 781. The number of carbonyl (C=O) groups excluding carboxylic acids is 2. The van der Waals surface area contributed by atoms with Gasteiger partial charge in [-0.05, 0) is 43.2 Å². The molecule has 2 rings (SSSR count). The number of primary amides is 1. The first kappa shape index (κ1) is 19.1. The van der Waals surface area contributed by atoms with Crippen molar-refractivity contribution in [2.45, 2.75) is 19.4 Å². The van der Waals surface area contributed by atoms with Crippen LogP contribution in [0.2, 0.25) is 10.0 Å². The lowest BCUT2D eigenvalue weighted by Crippen LogP contribution is -2.37. The molecule has 7 heteroatoms. The molecule has 0 fully saturated rings. The molecule has 0 aliphatic carbocycles. The average Bonchev–Trinajstić information content (AvgIpc) is 2.59. The minimum Gasteiger partial charge on any atom is -0.479 e. The minimum atomic E-state index is -0.729. The zero-order chi connectivity index (χ0) is 18.4. The summed E-state index contributed by atoms with van der Waals surface area (Å²) < 4.78 is 5.55. The number of hydrogen-bond acceptors (Lipinski definition) is 3. The first-order valence-corrected chi connectivity index (χ1v) is 8.41. The molecule has 1 unspecified atom stereocenters. The Balaban J connectivity index is 1.86. The molecule has 0 aliphatic rings. The number of halogens is 2. The van der Waals surface area contributed by atoms with Gasteiger partial charge in [-0.3, -0.25) is 9.59 Å². The first-order chi connectivity index (χ1) is 11.9. The number of carbonyl (C=O) groups is 2. The van der Waals surface area contributed by atoms with Crippen LogP contribution >= 0.6 is 23.2 Å². The molecule has 0 spiro atoms. The van der Waals surface area contributed by atoms with Gasteiger partial charge in [-0.2, -0.15) is 0 Å². The molecule has 2 amide bonds. The fourth-order valence-corrected chi connectivity index (χ4v) is 2.51. The fraction of sp³-hybridized carbons (Fsp3) is 0.222. The van der Waals surface area contributed by atoms with E-state index in [0.29, 0.717) is 29.3 Å². The molecule has 0 aliphatic heterocycles. The molecule has 1 atom stereocenters. The number of rotatable bonds is 7. The third kappa shape index (κ3) is 5.37. The van der Waals surface area contributed by atoms with E-state index in [0.717, 1.165) is 5.56 Å². The van der Waals surface area contributed by atoms with E-state index in [1.165, 1.54) is 0 Å². The lowest BCUT2D eigenvalue weighted by Gasteiger charge is -2.16. The summed E-state index contributed by atoms with van der Waals surface area (Å²) in [5.41, 5.74) is 6.60. The van der Waals surface area contributed by atoms with E-state index in [2.05, 4.69) is 5.32 Å². The molecule has 0 saturated carbocycles. The highest BCUT2D eigenvalue weighted by molar-refractivity contribution is 6.42. The smallest absolute Gasteiger partial charge is 0.260 e. The van der Waals surface area contributed by atoms with E-state index in [1.807, 2.05) is 6.07 Å². The van der Waals surface area contributed by atoms with Crippen molar-refractivity contribution < 1.29 is 14.3 Å². The molecule has 2 aromatic carbocycles. The van der Waals surface area contributed by atoms with Gasteiger partial charge in [-0.1, -0.05) is 41.4 Å². The molecule has 0 radical (unpaired) electrons. The zero-order valence-electron chi connectivity index (χ0n) is 13.6. The molecular weight excluding hydrogens is 363 g/mol. The summed E-state index contributed by atoms with van der Waals surface area (Å²) in [6.07, 6.45) is -0.162. The van der Waals surface area contributed by atoms with Crippen LogP contribution in [0.1, 0.15) is 22.8 Å². The summed E-state index contributed by atoms with van der Waals surface area (Å²) in [4.78, 5) is 23.3. The third-order valence-electron chi connectivity index (χ3n) is 3.51. The molecule has 0 aromatic heterocycles. The van der Waals surface area contributed by atoms with Crippen molar-refractivity contribution in [3.05, 3.63) is 63.6 Å². The Morgan fingerprint density at radius 1 is 1.20 bits per heavy atom. The van der Waals surface area contributed by atoms with Gasteiger partial charge in [0.15, 0.2) is 6.10 Å². The topological polar surface area (TPSA) is 81.4 Å². The molecule has 0 bridgehead atoms. The van der Waals surface area contributed by atoms with Crippen LogP contribution in [0.15, 0.2) is 42.5 Å². The Morgan fingerprint density at radius 2 is 1.92 bits per heavy atom. The second-order valence-corrected chi connectivity index (χ2v) is 6.20. The van der Waals surface area contributed by atoms with Gasteiger partial charge < -0.3 is 15.8 Å². The average molecular weight is 381 g/mol. The first-order valence-electron chi connectivity index (χ1n) is 7.65. The van der Waals surface area contributed by atoms with Crippen LogP contribution in [-0.4, -0.2) is 24.5 Å². The number of nitrogens with one attached hydrogen (secondary N) is 1. The quantitative estimate of drug-likeness (QED) is 0.773. The Morgan fingerprint density at radius 3 is 2.64 bits per heavy atom. The van der Waals surface area contributed by atoms with Crippen molar-refractivity contribution in [3.8, 4) is 5.75 Å². The van der Waals surface area contributed by atoms with Crippen LogP contribution in [0.25, 0.3) is 0 Å². The second-order valence-electron chi connectivity index (χ2n) is 5.42. The Kier molecular flexibility index (Phi) is 6.67. The predicted molar refractivity (Wildman–Crippen MR) is 98.2 cm³/mol. The van der Waals surface area contributed by atoms with Crippen LogP contribution < -0.4 is 15.8 Å². The summed E-state index contributed by atoms with van der Waals surface area (Å²) in [6, 6.07) is 12.0. The third-order valence-corrected chi connectivity index (χ3v) is 4.32. The van der Waals surface area contributed by atoms with E-state index in [1.54, 1.807) is 43.3 Å². The van der Waals surface area contributed by atoms with E-state index < -0.39 is 12.0 Å². The lowest BCUT2D eigenvalue weighted by atomic mass is 10.1. The highest BCUT2D eigenvalue weighted by atomic mass is 35.5. The SMILES string of the molecule is CC(Oc1cccc(Cl)c1Cl)C(=O)NCCc1cccc(C(N)=O)c1. The van der Waals surface area contributed by atoms with Crippen LogP contribution in [-0.2, 0) is 11.2 Å². The van der Waals surface area contributed by atoms with Crippen molar-refractivity contribution in [1.82, 2.24) is 5.32 Å². The van der Waals surface area contributed by atoms with Gasteiger partial charge in [0.05, 0.1) is 5.02 Å². The normalized spacial score (nSPS) is 11.6. The van der Waals surface area contributed by atoms with Crippen LogP contribution in [0.4, 0.5) is 0 Å². The van der Waals surface area contributed by atoms with E-state index in [9.17, 15) is 9.59 Å². The molecule has 3 N–H and O–H groups in total. The largest absolute Gasteiger partial charge is 0.479 e. The fourth-order valence-electron chi connectivity index (χ4n) is 2.17. The van der Waals surface area contributed by atoms with Crippen molar-refractivity contribution in [2.75, 3.05) is 6.54 Å². The van der Waals surface area contributed by atoms with Crippen LogP contribution in [0, 0.1) is 0 Å². The molecule has 132 valence electrons. The monoisotopic (exact) mass is 380 g/mol. The summed E-state index contributed by atoms with van der Waals surface area (Å²) in [7, 11) is 0. The second kappa shape index (κ2) is 8.74. The molecular formula is C18H18Cl2N2O3. The number of benzene rings is 2. The van der Waals surface area contributed by atoms with Gasteiger partial charge in [0.1, 0.15) is 10.8 Å². The van der Waals surface area contributed by atoms with E-state index in [-0.39, 0.29) is 10.9 Å². The van der Waals surface area contributed by atoms with Gasteiger partial charge in [-0.25, -0.2) is 0 Å². The molecule has 25 heavy (non-hydrogen) atoms. The van der Waals surface area contributed by atoms with Gasteiger partial charge in [0.2, 0.25) is 5.91 Å². The molecule has 0 saturated heterocycles. The highest BCUT2D eigenvalue weighted by Gasteiger charge is 2.16. The van der Waals surface area contributed by atoms with Gasteiger partial charge in [-0.15, -0.1) is 0 Å². The van der Waals surface area contributed by atoms with Crippen molar-refractivity contribution in [1.29, 1.82) is 0 Å². The van der Waals surface area contributed by atoms with Crippen molar-refractivity contribution >= 4 is 35.0 Å². The van der Waals surface area contributed by atoms with Gasteiger partial charge >= 0.3 is 0 Å². The number of ether oxygens (including phenoxy) is 1. The van der Waals surface area contributed by atoms with E-state index in [4.69, 9.17) is 33.7 Å². The summed E-state index contributed by atoms with van der Waals surface area (Å²) >= 11 is 12.0. The number of amides is 2. The lowest BCUT2D eigenvalue weighted by molar-refractivity contribution is -0.127. The van der Waals surface area contributed by atoms with Crippen molar-refractivity contribution in [3.63, 3.8) is 0 Å². The molecule has 5 nitrogen and oxygen atoms in total. The maximum absolute atomic E-state index is 12.1. The Hall–Kier alpha value is -2.24. The minimum absolute atomic E-state index is 0.270. The number of nitrogens with two attached hydrogens (primary N) is 1. The maximum atomic E-state index is 12.1. The van der Waals surface area contributed by atoms with Gasteiger partial charge in [0.25, 0.3) is 5.91 Å². The molecule has 0 heterocycles. The summed E-state index contributed by atoms with van der Waals surface area (Å²) in [5, 5.41) is 3.41. The van der Waals surface area contributed by atoms with Crippen molar-refractivity contribution in [2.24, 2.45) is 5.73 Å². The van der Waals surface area contributed by atoms with Gasteiger partial charge in [0, 0.05) is 12.1 Å². The highest BCUT2D eigenvalue weighted by Crippen LogP contribution is 2.32.